The number of carbonyl (C=O) groups is 2. The number of hydrogen-bond donors (Lipinski definition) is 2. The molecule has 0 radical (unpaired) electrons. The third-order valence-corrected chi connectivity index (χ3v) is 4.65. The molecule has 0 aromatic heterocycles. The van der Waals surface area contributed by atoms with Crippen molar-refractivity contribution in [2.45, 2.75) is 44.8 Å². The Morgan fingerprint density at radius 2 is 2.00 bits per heavy atom. The first kappa shape index (κ1) is 16.8. The van der Waals surface area contributed by atoms with Gasteiger partial charge in [-0.05, 0) is 44.7 Å². The highest BCUT2D eigenvalue weighted by Gasteiger charge is 2.34. The number of nitrogens with zero attached hydrogens (tertiary/aromatic N) is 1. The summed E-state index contributed by atoms with van der Waals surface area (Å²) in [6, 6.07) is 7.04. The van der Waals surface area contributed by atoms with Crippen molar-refractivity contribution in [3.8, 4) is 0 Å². The van der Waals surface area contributed by atoms with Gasteiger partial charge in [0.05, 0.1) is 6.10 Å². The van der Waals surface area contributed by atoms with E-state index in [0.717, 1.165) is 37.1 Å². The Labute approximate surface area is 142 Å². The normalized spacial score (nSPS) is 23.3. The van der Waals surface area contributed by atoms with Crippen LogP contribution in [0.3, 0.4) is 0 Å². The van der Waals surface area contributed by atoms with Gasteiger partial charge in [0.25, 0.3) is 0 Å². The summed E-state index contributed by atoms with van der Waals surface area (Å²) in [5.41, 5.74) is 1.89. The number of likely N-dealkylation sites (tertiary alicyclic amines) is 1. The highest BCUT2D eigenvalue weighted by atomic mass is 16.5. The lowest BCUT2D eigenvalue weighted by Crippen LogP contribution is -2.48. The molecule has 3 amide bonds. The minimum Gasteiger partial charge on any atom is -0.376 e. The van der Waals surface area contributed by atoms with E-state index in [2.05, 4.69) is 10.6 Å². The van der Waals surface area contributed by atoms with E-state index < -0.39 is 6.04 Å². The topological polar surface area (TPSA) is 70.7 Å². The van der Waals surface area contributed by atoms with Crippen LogP contribution in [0.25, 0.3) is 0 Å². The Bertz CT molecular complexity index is 582. The fourth-order valence-electron chi connectivity index (χ4n) is 3.25. The summed E-state index contributed by atoms with van der Waals surface area (Å²) in [5, 5.41) is 5.81. The van der Waals surface area contributed by atoms with Crippen molar-refractivity contribution in [1.82, 2.24) is 10.2 Å². The van der Waals surface area contributed by atoms with Crippen LogP contribution in [0.1, 0.15) is 31.2 Å². The molecule has 0 bridgehead atoms. The average molecular weight is 331 g/mol. The molecule has 24 heavy (non-hydrogen) atoms. The van der Waals surface area contributed by atoms with Gasteiger partial charge in [-0.25, -0.2) is 4.79 Å². The zero-order valence-electron chi connectivity index (χ0n) is 14.1. The molecule has 1 aromatic carbocycles. The number of nitrogens with one attached hydrogen (secondary N) is 2. The summed E-state index contributed by atoms with van der Waals surface area (Å²) in [5.74, 6) is -0.0814. The molecular formula is C18H25N3O3. The predicted octanol–water partition coefficient (Wildman–Crippen LogP) is 2.29. The van der Waals surface area contributed by atoms with E-state index in [9.17, 15) is 9.59 Å². The summed E-state index contributed by atoms with van der Waals surface area (Å²) in [6.07, 6.45) is 3.71. The maximum absolute atomic E-state index is 12.5. The SMILES string of the molecule is Cc1ccc(NC(=O)N2CCC[C@@H]2C(=O)NC[C@H]2CCCO2)cc1. The maximum atomic E-state index is 12.5. The molecule has 2 fully saturated rings. The maximum Gasteiger partial charge on any atom is 0.322 e. The van der Waals surface area contributed by atoms with Gasteiger partial charge in [0.1, 0.15) is 6.04 Å². The molecule has 2 N–H and O–H groups in total. The fourth-order valence-corrected chi connectivity index (χ4v) is 3.25. The van der Waals surface area contributed by atoms with Crippen LogP contribution in [0.2, 0.25) is 0 Å². The summed E-state index contributed by atoms with van der Waals surface area (Å²) in [6.45, 7) is 3.91. The smallest absolute Gasteiger partial charge is 0.322 e. The summed E-state index contributed by atoms with van der Waals surface area (Å²) in [7, 11) is 0. The van der Waals surface area contributed by atoms with Gasteiger partial charge in [-0.15, -0.1) is 0 Å². The molecule has 2 aliphatic rings. The van der Waals surface area contributed by atoms with E-state index >= 15 is 0 Å². The quantitative estimate of drug-likeness (QED) is 0.889. The molecule has 130 valence electrons. The van der Waals surface area contributed by atoms with Crippen LogP contribution in [0.15, 0.2) is 24.3 Å². The molecule has 2 saturated heterocycles. The van der Waals surface area contributed by atoms with E-state index in [4.69, 9.17) is 4.74 Å². The van der Waals surface area contributed by atoms with Crippen molar-refractivity contribution >= 4 is 17.6 Å². The van der Waals surface area contributed by atoms with E-state index in [-0.39, 0.29) is 18.0 Å². The molecule has 3 rings (SSSR count). The van der Waals surface area contributed by atoms with Crippen molar-refractivity contribution in [2.75, 3.05) is 25.0 Å². The number of ether oxygens (including phenoxy) is 1. The summed E-state index contributed by atoms with van der Waals surface area (Å²) in [4.78, 5) is 26.5. The molecule has 2 heterocycles. The Morgan fingerprint density at radius 3 is 2.71 bits per heavy atom. The average Bonchev–Trinajstić information content (AvgIpc) is 3.26. The first-order valence-electron chi connectivity index (χ1n) is 8.67. The number of urea groups is 1. The van der Waals surface area contributed by atoms with Crippen LogP contribution in [0.5, 0.6) is 0 Å². The van der Waals surface area contributed by atoms with Gasteiger partial charge in [0.2, 0.25) is 5.91 Å². The molecule has 2 aliphatic heterocycles. The molecular weight excluding hydrogens is 306 g/mol. The van der Waals surface area contributed by atoms with Crippen molar-refractivity contribution in [2.24, 2.45) is 0 Å². The minimum absolute atomic E-state index is 0.0814. The summed E-state index contributed by atoms with van der Waals surface area (Å²) >= 11 is 0. The van der Waals surface area contributed by atoms with Gasteiger partial charge >= 0.3 is 6.03 Å². The zero-order valence-corrected chi connectivity index (χ0v) is 14.1. The van der Waals surface area contributed by atoms with Crippen molar-refractivity contribution in [1.29, 1.82) is 0 Å². The molecule has 2 atom stereocenters. The van der Waals surface area contributed by atoms with Gasteiger partial charge in [0.15, 0.2) is 0 Å². The van der Waals surface area contributed by atoms with Crippen molar-refractivity contribution < 1.29 is 14.3 Å². The molecule has 0 spiro atoms. The first-order valence-corrected chi connectivity index (χ1v) is 8.67. The second-order valence-corrected chi connectivity index (χ2v) is 6.53. The number of hydrogen-bond acceptors (Lipinski definition) is 3. The Balaban J connectivity index is 1.54. The Hall–Kier alpha value is -2.08. The van der Waals surface area contributed by atoms with Crippen LogP contribution in [-0.4, -0.2) is 48.7 Å². The number of aryl methyl sites for hydroxylation is 1. The highest BCUT2D eigenvalue weighted by molar-refractivity contribution is 5.94. The van der Waals surface area contributed by atoms with Crippen LogP contribution in [0, 0.1) is 6.92 Å². The lowest BCUT2D eigenvalue weighted by Gasteiger charge is -2.24. The van der Waals surface area contributed by atoms with E-state index in [1.54, 1.807) is 4.90 Å². The van der Waals surface area contributed by atoms with E-state index in [1.165, 1.54) is 0 Å². The molecule has 0 saturated carbocycles. The number of anilines is 1. The Kier molecular flexibility index (Phi) is 5.35. The van der Waals surface area contributed by atoms with E-state index in [1.807, 2.05) is 31.2 Å². The van der Waals surface area contributed by atoms with Crippen molar-refractivity contribution in [3.63, 3.8) is 0 Å². The number of carbonyl (C=O) groups excluding carboxylic acids is 2. The minimum atomic E-state index is -0.392. The van der Waals surface area contributed by atoms with Crippen molar-refractivity contribution in [3.05, 3.63) is 29.8 Å². The highest BCUT2D eigenvalue weighted by Crippen LogP contribution is 2.20. The zero-order chi connectivity index (χ0) is 16.9. The van der Waals surface area contributed by atoms with Gasteiger partial charge in [0, 0.05) is 25.4 Å². The Morgan fingerprint density at radius 1 is 1.21 bits per heavy atom. The van der Waals surface area contributed by atoms with E-state index in [0.29, 0.717) is 19.5 Å². The van der Waals surface area contributed by atoms with Gasteiger partial charge in [-0.1, -0.05) is 17.7 Å². The first-order chi connectivity index (χ1) is 11.6. The third-order valence-electron chi connectivity index (χ3n) is 4.65. The number of benzene rings is 1. The standard InChI is InChI=1S/C18H25N3O3/c1-13-6-8-14(9-7-13)20-18(23)21-10-2-5-16(21)17(22)19-12-15-4-3-11-24-15/h6-9,15-16H,2-5,10-12H2,1H3,(H,19,22)(H,20,23)/t15-,16-/m1/s1. The summed E-state index contributed by atoms with van der Waals surface area (Å²) < 4.78 is 5.52. The second-order valence-electron chi connectivity index (χ2n) is 6.53. The van der Waals surface area contributed by atoms with Crippen LogP contribution in [-0.2, 0) is 9.53 Å². The van der Waals surface area contributed by atoms with Crippen LogP contribution < -0.4 is 10.6 Å². The number of amides is 3. The fraction of sp³-hybridized carbons (Fsp3) is 0.556. The number of rotatable bonds is 4. The monoisotopic (exact) mass is 331 g/mol. The lowest BCUT2D eigenvalue weighted by atomic mass is 10.2. The van der Waals surface area contributed by atoms with Crippen LogP contribution >= 0.6 is 0 Å². The molecule has 0 unspecified atom stereocenters. The van der Waals surface area contributed by atoms with Crippen LogP contribution in [0.4, 0.5) is 10.5 Å². The van der Waals surface area contributed by atoms with Gasteiger partial charge < -0.3 is 20.3 Å². The molecule has 1 aromatic rings. The predicted molar refractivity (Wildman–Crippen MR) is 91.9 cm³/mol. The second kappa shape index (κ2) is 7.66. The lowest BCUT2D eigenvalue weighted by molar-refractivity contribution is -0.125. The van der Waals surface area contributed by atoms with Gasteiger partial charge in [-0.3, -0.25) is 4.79 Å². The largest absolute Gasteiger partial charge is 0.376 e. The molecule has 0 aliphatic carbocycles. The molecule has 6 nitrogen and oxygen atoms in total. The molecule has 6 heteroatoms. The van der Waals surface area contributed by atoms with Gasteiger partial charge in [-0.2, -0.15) is 0 Å². The third kappa shape index (κ3) is 4.06.